The summed E-state index contributed by atoms with van der Waals surface area (Å²) in [5.74, 6) is -0.567. The molecule has 31 heavy (non-hydrogen) atoms. The predicted molar refractivity (Wildman–Crippen MR) is 123 cm³/mol. The molecule has 0 radical (unpaired) electrons. The van der Waals surface area contributed by atoms with Gasteiger partial charge in [0.2, 0.25) is 11.8 Å². The van der Waals surface area contributed by atoms with Crippen LogP contribution >= 0.6 is 0 Å². The quantitative estimate of drug-likeness (QED) is 0.417. The highest BCUT2D eigenvalue weighted by Gasteiger charge is 2.21. The van der Waals surface area contributed by atoms with Gasteiger partial charge >= 0.3 is 5.97 Å². The highest BCUT2D eigenvalue weighted by molar-refractivity contribution is 5.96. The molecule has 2 amide bonds. The molecule has 6 heteroatoms. The van der Waals surface area contributed by atoms with E-state index in [0.717, 1.165) is 12.8 Å². The van der Waals surface area contributed by atoms with Gasteiger partial charge in [0, 0.05) is 29.6 Å². The normalized spacial score (nSPS) is 10.9. The molecule has 0 aliphatic heterocycles. The summed E-state index contributed by atoms with van der Waals surface area (Å²) in [7, 11) is 0. The Morgan fingerprint density at radius 1 is 0.839 bits per heavy atom. The maximum absolute atomic E-state index is 12.2. The lowest BCUT2D eigenvalue weighted by Crippen LogP contribution is -2.27. The fourth-order valence-corrected chi connectivity index (χ4v) is 2.79. The number of hydrogen-bond donors (Lipinski definition) is 2. The minimum atomic E-state index is -0.505. The zero-order chi connectivity index (χ0) is 22.7. The summed E-state index contributed by atoms with van der Waals surface area (Å²) in [5.41, 5.74) is 1.93. The summed E-state index contributed by atoms with van der Waals surface area (Å²) in [4.78, 5) is 36.1. The number of aryl methyl sites for hydroxylation is 1. The Morgan fingerprint density at radius 3 is 2.19 bits per heavy atom. The van der Waals surface area contributed by atoms with Crippen molar-refractivity contribution in [2.24, 2.45) is 5.41 Å². The Morgan fingerprint density at radius 2 is 1.52 bits per heavy atom. The van der Waals surface area contributed by atoms with Gasteiger partial charge in [0.25, 0.3) is 0 Å². The first-order valence-electron chi connectivity index (χ1n) is 10.6. The third-order valence-electron chi connectivity index (χ3n) is 4.59. The molecule has 2 aromatic rings. The van der Waals surface area contributed by atoms with Crippen LogP contribution in [0.4, 0.5) is 11.4 Å². The van der Waals surface area contributed by atoms with E-state index in [2.05, 4.69) is 22.8 Å². The molecule has 6 nitrogen and oxygen atoms in total. The van der Waals surface area contributed by atoms with Crippen molar-refractivity contribution in [1.82, 2.24) is 0 Å². The second-order valence-corrected chi connectivity index (χ2v) is 8.50. The molecular formula is C25H32N2O4. The number of ether oxygens (including phenoxy) is 1. The summed E-state index contributed by atoms with van der Waals surface area (Å²) >= 11 is 0. The fourth-order valence-electron chi connectivity index (χ4n) is 2.79. The lowest BCUT2D eigenvalue weighted by molar-refractivity contribution is -0.143. The molecule has 2 rings (SSSR count). The molecule has 166 valence electrons. The van der Waals surface area contributed by atoms with Gasteiger partial charge in [-0.2, -0.15) is 0 Å². The van der Waals surface area contributed by atoms with Gasteiger partial charge in [-0.05, 0) is 43.0 Å². The third-order valence-corrected chi connectivity index (χ3v) is 4.59. The van der Waals surface area contributed by atoms with Crippen LogP contribution < -0.4 is 10.6 Å². The van der Waals surface area contributed by atoms with Gasteiger partial charge < -0.3 is 15.4 Å². The first-order chi connectivity index (χ1) is 14.7. The van der Waals surface area contributed by atoms with Gasteiger partial charge in [-0.25, -0.2) is 0 Å². The van der Waals surface area contributed by atoms with Crippen molar-refractivity contribution in [1.29, 1.82) is 0 Å². The van der Waals surface area contributed by atoms with Gasteiger partial charge in [0.05, 0.1) is 6.61 Å². The molecule has 0 unspecified atom stereocenters. The van der Waals surface area contributed by atoms with Gasteiger partial charge in [-0.15, -0.1) is 0 Å². The summed E-state index contributed by atoms with van der Waals surface area (Å²) < 4.78 is 5.23. The van der Waals surface area contributed by atoms with Crippen LogP contribution in [0.15, 0.2) is 54.6 Å². The van der Waals surface area contributed by atoms with E-state index in [1.54, 1.807) is 24.3 Å². The van der Waals surface area contributed by atoms with E-state index in [9.17, 15) is 14.4 Å². The topological polar surface area (TPSA) is 84.5 Å². The minimum Gasteiger partial charge on any atom is -0.466 e. The van der Waals surface area contributed by atoms with Crippen molar-refractivity contribution in [3.63, 3.8) is 0 Å². The Bertz CT molecular complexity index is 873. The Balaban J connectivity index is 1.64. The van der Waals surface area contributed by atoms with Gasteiger partial charge in [0.1, 0.15) is 0 Å². The average molecular weight is 425 g/mol. The van der Waals surface area contributed by atoms with E-state index >= 15 is 0 Å². The van der Waals surface area contributed by atoms with Gasteiger partial charge in [-0.3, -0.25) is 14.4 Å². The highest BCUT2D eigenvalue weighted by Crippen LogP contribution is 2.20. The van der Waals surface area contributed by atoms with E-state index in [0.29, 0.717) is 24.4 Å². The van der Waals surface area contributed by atoms with E-state index in [4.69, 9.17) is 4.74 Å². The van der Waals surface area contributed by atoms with Gasteiger partial charge in [-0.1, -0.05) is 57.2 Å². The number of carbonyl (C=O) groups excluding carboxylic acids is 3. The van der Waals surface area contributed by atoms with Gasteiger partial charge in [0.15, 0.2) is 0 Å². The number of nitrogens with one attached hydrogen (secondary N) is 2. The SMILES string of the molecule is CC(C)(C)C(=O)Nc1cccc(NC(=O)CCCC(=O)OCCCc2ccccc2)c1. The molecule has 0 atom stereocenters. The molecule has 0 bridgehead atoms. The zero-order valence-corrected chi connectivity index (χ0v) is 18.6. The molecule has 0 aliphatic rings. The first-order valence-corrected chi connectivity index (χ1v) is 10.6. The number of hydrogen-bond acceptors (Lipinski definition) is 4. The van der Waals surface area contributed by atoms with Crippen LogP contribution in [0.3, 0.4) is 0 Å². The number of anilines is 2. The van der Waals surface area contributed by atoms with E-state index in [1.807, 2.05) is 39.0 Å². The summed E-state index contributed by atoms with van der Waals surface area (Å²) in [6.07, 6.45) is 2.49. The Labute approximate surface area is 184 Å². The largest absolute Gasteiger partial charge is 0.466 e. The molecule has 0 spiro atoms. The summed E-state index contributed by atoms with van der Waals surface area (Å²) in [5, 5.41) is 5.63. The standard InChI is InChI=1S/C25H32N2O4/c1-25(2,3)24(30)27-21-14-7-13-20(18-21)26-22(28)15-8-16-23(29)31-17-9-12-19-10-5-4-6-11-19/h4-7,10-11,13-14,18H,8-9,12,15-17H2,1-3H3,(H,26,28)(H,27,30). The van der Waals surface area contributed by atoms with Crippen molar-refractivity contribution in [2.75, 3.05) is 17.2 Å². The zero-order valence-electron chi connectivity index (χ0n) is 18.6. The lowest BCUT2D eigenvalue weighted by atomic mass is 9.95. The summed E-state index contributed by atoms with van der Waals surface area (Å²) in [6.45, 7) is 5.89. The van der Waals surface area contributed by atoms with Crippen LogP contribution in [0.25, 0.3) is 0 Å². The molecule has 0 fully saturated rings. The highest BCUT2D eigenvalue weighted by atomic mass is 16.5. The van der Waals surface area contributed by atoms with Crippen LogP contribution in [0.1, 0.15) is 52.0 Å². The minimum absolute atomic E-state index is 0.0988. The maximum Gasteiger partial charge on any atom is 0.305 e. The van der Waals surface area contributed by atoms with Crippen LogP contribution in [0, 0.1) is 5.41 Å². The van der Waals surface area contributed by atoms with Crippen LogP contribution in [0.2, 0.25) is 0 Å². The number of esters is 1. The Hall–Kier alpha value is -3.15. The van der Waals surface area contributed by atoms with Crippen LogP contribution in [-0.4, -0.2) is 24.4 Å². The summed E-state index contributed by atoms with van der Waals surface area (Å²) in [6, 6.07) is 17.1. The van der Waals surface area contributed by atoms with Crippen LogP contribution in [-0.2, 0) is 25.5 Å². The lowest BCUT2D eigenvalue weighted by Gasteiger charge is -2.18. The van der Waals surface area contributed by atoms with Crippen molar-refractivity contribution in [3.8, 4) is 0 Å². The molecular weight excluding hydrogens is 392 g/mol. The molecule has 2 N–H and O–H groups in total. The maximum atomic E-state index is 12.2. The number of rotatable bonds is 10. The monoisotopic (exact) mass is 424 g/mol. The van der Waals surface area contributed by atoms with E-state index in [1.165, 1.54) is 5.56 Å². The van der Waals surface area contributed by atoms with Crippen molar-refractivity contribution in [3.05, 3.63) is 60.2 Å². The number of amides is 2. The van der Waals surface area contributed by atoms with Crippen molar-refractivity contribution in [2.45, 2.75) is 52.9 Å². The van der Waals surface area contributed by atoms with Crippen molar-refractivity contribution < 1.29 is 19.1 Å². The fraction of sp³-hybridized carbons (Fsp3) is 0.400. The second-order valence-electron chi connectivity index (χ2n) is 8.50. The molecule has 2 aromatic carbocycles. The van der Waals surface area contributed by atoms with E-state index < -0.39 is 5.41 Å². The van der Waals surface area contributed by atoms with Crippen LogP contribution in [0.5, 0.6) is 0 Å². The molecule has 0 aliphatic carbocycles. The molecule has 0 aromatic heterocycles. The first kappa shape index (κ1) is 24.1. The Kier molecular flexibility index (Phi) is 9.25. The smallest absolute Gasteiger partial charge is 0.305 e. The van der Waals surface area contributed by atoms with E-state index in [-0.39, 0.29) is 30.6 Å². The number of carbonyl (C=O) groups is 3. The second kappa shape index (κ2) is 11.9. The molecule has 0 heterocycles. The molecule has 0 saturated carbocycles. The predicted octanol–water partition coefficient (Wildman–Crippen LogP) is 4.96. The number of benzene rings is 2. The molecule has 0 saturated heterocycles. The van der Waals surface area contributed by atoms with Crippen molar-refractivity contribution >= 4 is 29.2 Å². The third kappa shape index (κ3) is 9.47. The average Bonchev–Trinajstić information content (AvgIpc) is 2.71.